The van der Waals surface area contributed by atoms with Crippen LogP contribution >= 0.6 is 0 Å². The molecule has 0 aliphatic heterocycles. The molecule has 0 spiro atoms. The first kappa shape index (κ1) is 11.9. The topological polar surface area (TPSA) is 49.3 Å². The van der Waals surface area contributed by atoms with Crippen molar-refractivity contribution >= 4 is 5.78 Å². The summed E-state index contributed by atoms with van der Waals surface area (Å²) in [6, 6.07) is 9.02. The number of hydrogen-bond donors (Lipinski definition) is 2. The molecule has 2 N–H and O–H groups in total. The molecule has 3 nitrogen and oxygen atoms in total. The smallest absolute Gasteiger partial charge is 0.179 e. The van der Waals surface area contributed by atoms with E-state index in [9.17, 15) is 4.79 Å². The first-order chi connectivity index (χ1) is 7.29. The first-order valence-corrected chi connectivity index (χ1v) is 5.23. The lowest BCUT2D eigenvalue weighted by atomic mass is 10.0. The molecule has 82 valence electrons. The van der Waals surface area contributed by atoms with Gasteiger partial charge in [-0.05, 0) is 6.42 Å². The van der Waals surface area contributed by atoms with Gasteiger partial charge in [-0.1, -0.05) is 37.3 Å². The molecule has 0 aliphatic rings. The van der Waals surface area contributed by atoms with Gasteiger partial charge in [0, 0.05) is 12.1 Å². The summed E-state index contributed by atoms with van der Waals surface area (Å²) in [6.07, 6.45) is 0.730. The molecule has 0 fully saturated rings. The predicted molar refractivity (Wildman–Crippen MR) is 59.9 cm³/mol. The number of carbonyl (C=O) groups is 1. The van der Waals surface area contributed by atoms with Gasteiger partial charge >= 0.3 is 0 Å². The van der Waals surface area contributed by atoms with E-state index in [-0.39, 0.29) is 18.4 Å². The number of carbonyl (C=O) groups excluding carboxylic acids is 1. The predicted octanol–water partition coefficient (Wildman–Crippen LogP) is 1.23. The quantitative estimate of drug-likeness (QED) is 0.690. The fourth-order valence-corrected chi connectivity index (χ4v) is 1.46. The van der Waals surface area contributed by atoms with Gasteiger partial charge in [0.25, 0.3) is 0 Å². The number of Topliss-reactive ketones (excluding diaryl/α,β-unsaturated/α-hetero) is 1. The maximum atomic E-state index is 11.9. The molecule has 0 aliphatic carbocycles. The minimum absolute atomic E-state index is 0.0541. The normalized spacial score (nSPS) is 12.4. The van der Waals surface area contributed by atoms with E-state index in [1.54, 1.807) is 0 Å². The molecule has 3 heteroatoms. The average molecular weight is 207 g/mol. The highest BCUT2D eigenvalue weighted by Crippen LogP contribution is 2.05. The third-order valence-corrected chi connectivity index (χ3v) is 2.29. The zero-order chi connectivity index (χ0) is 11.1. The second kappa shape index (κ2) is 6.32. The number of hydrogen-bond acceptors (Lipinski definition) is 3. The molecule has 0 amide bonds. The van der Waals surface area contributed by atoms with E-state index in [4.69, 9.17) is 5.11 Å². The summed E-state index contributed by atoms with van der Waals surface area (Å²) in [5.41, 5.74) is 0.717. The summed E-state index contributed by atoms with van der Waals surface area (Å²) < 4.78 is 0. The molecule has 1 atom stereocenters. The SMILES string of the molecule is CCC(NCCO)C(=O)c1ccccc1. The largest absolute Gasteiger partial charge is 0.395 e. The monoisotopic (exact) mass is 207 g/mol. The Hall–Kier alpha value is -1.19. The molecule has 1 aromatic rings. The summed E-state index contributed by atoms with van der Waals surface area (Å²) in [5.74, 6) is 0.0894. The van der Waals surface area contributed by atoms with Crippen LogP contribution < -0.4 is 5.32 Å². The number of benzene rings is 1. The van der Waals surface area contributed by atoms with Crippen LogP contribution in [0.5, 0.6) is 0 Å². The maximum Gasteiger partial charge on any atom is 0.179 e. The molecule has 0 radical (unpaired) electrons. The van der Waals surface area contributed by atoms with Crippen LogP contribution in [0.15, 0.2) is 30.3 Å². The van der Waals surface area contributed by atoms with Gasteiger partial charge in [0.1, 0.15) is 0 Å². The van der Waals surface area contributed by atoms with Crippen LogP contribution in [0.1, 0.15) is 23.7 Å². The highest BCUT2D eigenvalue weighted by atomic mass is 16.3. The maximum absolute atomic E-state index is 11.9. The van der Waals surface area contributed by atoms with Crippen molar-refractivity contribution in [3.8, 4) is 0 Å². The van der Waals surface area contributed by atoms with Crippen molar-refractivity contribution in [3.63, 3.8) is 0 Å². The summed E-state index contributed by atoms with van der Waals surface area (Å²) in [6.45, 7) is 2.46. The van der Waals surface area contributed by atoms with Gasteiger partial charge in [-0.3, -0.25) is 4.79 Å². The van der Waals surface area contributed by atoms with Crippen molar-refractivity contribution < 1.29 is 9.90 Å². The molecule has 0 saturated carbocycles. The number of aliphatic hydroxyl groups excluding tert-OH is 1. The highest BCUT2D eigenvalue weighted by molar-refractivity contribution is 6.00. The van der Waals surface area contributed by atoms with Gasteiger partial charge in [-0.15, -0.1) is 0 Å². The van der Waals surface area contributed by atoms with Gasteiger partial charge in [0.05, 0.1) is 12.6 Å². The number of aliphatic hydroxyl groups is 1. The summed E-state index contributed by atoms with van der Waals surface area (Å²) in [4.78, 5) is 11.9. The van der Waals surface area contributed by atoms with E-state index in [1.807, 2.05) is 37.3 Å². The van der Waals surface area contributed by atoms with E-state index < -0.39 is 0 Å². The minimum atomic E-state index is -0.195. The van der Waals surface area contributed by atoms with Crippen LogP contribution in [-0.2, 0) is 0 Å². The van der Waals surface area contributed by atoms with Crippen molar-refractivity contribution in [1.82, 2.24) is 5.32 Å². The Morgan fingerprint density at radius 2 is 2.07 bits per heavy atom. The van der Waals surface area contributed by atoms with E-state index in [0.29, 0.717) is 6.54 Å². The number of nitrogens with one attached hydrogen (secondary N) is 1. The van der Waals surface area contributed by atoms with Crippen LogP contribution in [-0.4, -0.2) is 30.1 Å². The third kappa shape index (κ3) is 3.46. The van der Waals surface area contributed by atoms with Crippen LogP contribution in [0.4, 0.5) is 0 Å². The lowest BCUT2D eigenvalue weighted by molar-refractivity contribution is 0.0937. The summed E-state index contributed by atoms with van der Waals surface area (Å²) in [5, 5.41) is 11.7. The Labute approximate surface area is 90.1 Å². The van der Waals surface area contributed by atoms with Crippen molar-refractivity contribution in [3.05, 3.63) is 35.9 Å². The van der Waals surface area contributed by atoms with Gasteiger partial charge in [-0.25, -0.2) is 0 Å². The molecule has 1 aromatic carbocycles. The van der Waals surface area contributed by atoms with Crippen LogP contribution in [0.3, 0.4) is 0 Å². The Balaban J connectivity index is 2.65. The number of rotatable bonds is 6. The van der Waals surface area contributed by atoms with Gasteiger partial charge in [0.2, 0.25) is 0 Å². The standard InChI is InChI=1S/C12H17NO2/c1-2-11(13-8-9-14)12(15)10-6-4-3-5-7-10/h3-7,11,13-14H,2,8-9H2,1H3. The fraction of sp³-hybridized carbons (Fsp3) is 0.417. The fourth-order valence-electron chi connectivity index (χ4n) is 1.46. The molecule has 1 rings (SSSR count). The Kier molecular flexibility index (Phi) is 5.01. The third-order valence-electron chi connectivity index (χ3n) is 2.29. The number of ketones is 1. The molecular weight excluding hydrogens is 190 g/mol. The van der Waals surface area contributed by atoms with E-state index in [0.717, 1.165) is 12.0 Å². The lowest BCUT2D eigenvalue weighted by Gasteiger charge is -2.14. The van der Waals surface area contributed by atoms with Gasteiger partial charge in [0.15, 0.2) is 5.78 Å². The second-order valence-electron chi connectivity index (χ2n) is 3.37. The van der Waals surface area contributed by atoms with E-state index in [1.165, 1.54) is 0 Å². The molecule has 1 unspecified atom stereocenters. The molecule has 0 saturated heterocycles. The Morgan fingerprint density at radius 1 is 1.40 bits per heavy atom. The average Bonchev–Trinajstić information content (AvgIpc) is 2.31. The van der Waals surface area contributed by atoms with E-state index in [2.05, 4.69) is 5.32 Å². The molecule has 0 heterocycles. The minimum Gasteiger partial charge on any atom is -0.395 e. The first-order valence-electron chi connectivity index (χ1n) is 5.23. The molecule has 15 heavy (non-hydrogen) atoms. The Bertz CT molecular complexity index is 298. The summed E-state index contributed by atoms with van der Waals surface area (Å²) >= 11 is 0. The van der Waals surface area contributed by atoms with Crippen molar-refractivity contribution in [2.24, 2.45) is 0 Å². The highest BCUT2D eigenvalue weighted by Gasteiger charge is 2.16. The molecular formula is C12H17NO2. The van der Waals surface area contributed by atoms with Crippen molar-refractivity contribution in [2.75, 3.05) is 13.2 Å². The van der Waals surface area contributed by atoms with Crippen molar-refractivity contribution in [2.45, 2.75) is 19.4 Å². The zero-order valence-electron chi connectivity index (χ0n) is 8.94. The molecule has 0 aromatic heterocycles. The van der Waals surface area contributed by atoms with Gasteiger partial charge in [-0.2, -0.15) is 0 Å². The van der Waals surface area contributed by atoms with Crippen LogP contribution in [0.25, 0.3) is 0 Å². The second-order valence-corrected chi connectivity index (χ2v) is 3.37. The Morgan fingerprint density at radius 3 is 2.60 bits per heavy atom. The lowest BCUT2D eigenvalue weighted by Crippen LogP contribution is -2.37. The zero-order valence-corrected chi connectivity index (χ0v) is 8.94. The summed E-state index contributed by atoms with van der Waals surface area (Å²) in [7, 11) is 0. The van der Waals surface area contributed by atoms with Crippen LogP contribution in [0, 0.1) is 0 Å². The molecule has 0 bridgehead atoms. The van der Waals surface area contributed by atoms with Crippen molar-refractivity contribution in [1.29, 1.82) is 0 Å². The van der Waals surface area contributed by atoms with Gasteiger partial charge < -0.3 is 10.4 Å². The van der Waals surface area contributed by atoms with E-state index >= 15 is 0 Å². The van der Waals surface area contributed by atoms with Crippen LogP contribution in [0.2, 0.25) is 0 Å².